The molecule has 0 amide bonds. The van der Waals surface area contributed by atoms with Crippen LogP contribution in [0.3, 0.4) is 0 Å². The second-order valence-electron chi connectivity index (χ2n) is 3.93. The molecule has 2 aromatic rings. The Morgan fingerprint density at radius 2 is 1.94 bits per heavy atom. The number of aromatic nitrogens is 2. The number of rotatable bonds is 3. The maximum Gasteiger partial charge on any atom is 0.269 e. The van der Waals surface area contributed by atoms with Gasteiger partial charge in [-0.1, -0.05) is 0 Å². The maximum absolute atomic E-state index is 11.6. The van der Waals surface area contributed by atoms with Crippen molar-refractivity contribution in [3.8, 4) is 17.0 Å². The number of hydrogen-bond acceptors (Lipinski definition) is 2. The summed E-state index contributed by atoms with van der Waals surface area (Å²) in [6.45, 7) is 4.43. The maximum atomic E-state index is 11.6. The van der Waals surface area contributed by atoms with Crippen LogP contribution in [0.1, 0.15) is 12.5 Å². The van der Waals surface area contributed by atoms with Gasteiger partial charge < -0.3 is 4.74 Å². The highest BCUT2D eigenvalue weighted by Gasteiger charge is 2.09. The largest absolute Gasteiger partial charge is 0.494 e. The topological polar surface area (TPSA) is 47.0 Å². The van der Waals surface area contributed by atoms with Gasteiger partial charge in [0.2, 0.25) is 0 Å². The molecule has 0 fully saturated rings. The summed E-state index contributed by atoms with van der Waals surface area (Å²) in [6, 6.07) is 7.71. The van der Waals surface area contributed by atoms with Crippen LogP contribution in [0.15, 0.2) is 29.1 Å². The Labute approximate surface area is 99.8 Å². The molecule has 4 heteroatoms. The Balaban J connectivity index is 2.40. The van der Waals surface area contributed by atoms with Crippen LogP contribution >= 0.6 is 0 Å². The van der Waals surface area contributed by atoms with E-state index in [1.165, 1.54) is 4.68 Å². The van der Waals surface area contributed by atoms with Gasteiger partial charge in [-0.15, -0.1) is 0 Å². The molecule has 17 heavy (non-hydrogen) atoms. The molecule has 0 atom stereocenters. The summed E-state index contributed by atoms with van der Waals surface area (Å²) in [7, 11) is 1.72. The van der Waals surface area contributed by atoms with Crippen LogP contribution in [0.25, 0.3) is 11.3 Å². The standard InChI is InChI=1S/C13H16N2O2/c1-4-17-11-7-5-10(6-8-11)12-9(2)13(16)15(3)14-12/h5-8,14H,4H2,1-3H3. The quantitative estimate of drug-likeness (QED) is 0.880. The highest BCUT2D eigenvalue weighted by Crippen LogP contribution is 2.22. The van der Waals surface area contributed by atoms with Crippen LogP contribution < -0.4 is 10.3 Å². The molecule has 4 nitrogen and oxygen atoms in total. The molecule has 1 aromatic heterocycles. The van der Waals surface area contributed by atoms with Crippen molar-refractivity contribution in [1.82, 2.24) is 9.78 Å². The van der Waals surface area contributed by atoms with Crippen LogP contribution in [0.4, 0.5) is 0 Å². The number of nitrogens with one attached hydrogen (secondary N) is 1. The molecule has 2 rings (SSSR count). The van der Waals surface area contributed by atoms with Crippen LogP contribution in [0.5, 0.6) is 5.75 Å². The monoisotopic (exact) mass is 232 g/mol. The van der Waals surface area contributed by atoms with Crippen LogP contribution in [0, 0.1) is 6.92 Å². The van der Waals surface area contributed by atoms with Gasteiger partial charge in [0.15, 0.2) is 0 Å². The molecule has 0 saturated heterocycles. The molecule has 0 unspecified atom stereocenters. The average molecular weight is 232 g/mol. The SMILES string of the molecule is CCOc1ccc(-c2[nH]n(C)c(=O)c2C)cc1. The first kappa shape index (κ1) is 11.5. The number of ether oxygens (including phenoxy) is 1. The third-order valence-electron chi connectivity index (χ3n) is 2.73. The third kappa shape index (κ3) is 2.11. The number of aromatic amines is 1. The minimum Gasteiger partial charge on any atom is -0.494 e. The van der Waals surface area contributed by atoms with Gasteiger partial charge in [0.1, 0.15) is 5.75 Å². The van der Waals surface area contributed by atoms with Gasteiger partial charge in [0, 0.05) is 18.2 Å². The minimum absolute atomic E-state index is 0.00823. The predicted octanol–water partition coefficient (Wildman–Crippen LogP) is 2.09. The molecular weight excluding hydrogens is 216 g/mol. The van der Waals surface area contributed by atoms with Gasteiger partial charge in [-0.25, -0.2) is 0 Å². The van der Waals surface area contributed by atoms with Crippen LogP contribution in [-0.2, 0) is 7.05 Å². The van der Waals surface area contributed by atoms with E-state index in [2.05, 4.69) is 5.10 Å². The summed E-state index contributed by atoms with van der Waals surface area (Å²) in [4.78, 5) is 11.6. The fourth-order valence-corrected chi connectivity index (χ4v) is 1.83. The van der Waals surface area contributed by atoms with E-state index in [1.54, 1.807) is 7.05 Å². The molecule has 0 spiro atoms. The van der Waals surface area contributed by atoms with Gasteiger partial charge in [-0.05, 0) is 38.1 Å². The second-order valence-corrected chi connectivity index (χ2v) is 3.93. The number of H-pyrrole nitrogens is 1. The third-order valence-corrected chi connectivity index (χ3v) is 2.73. The van der Waals surface area contributed by atoms with Crippen molar-refractivity contribution in [3.05, 3.63) is 40.2 Å². The van der Waals surface area contributed by atoms with E-state index in [4.69, 9.17) is 4.74 Å². The summed E-state index contributed by atoms with van der Waals surface area (Å²) in [6.07, 6.45) is 0. The molecule has 0 bridgehead atoms. The summed E-state index contributed by atoms with van der Waals surface area (Å²) in [5.41, 5.74) is 2.59. The molecule has 0 aliphatic rings. The molecule has 1 heterocycles. The molecule has 0 aliphatic carbocycles. The summed E-state index contributed by atoms with van der Waals surface area (Å²) in [5.74, 6) is 0.840. The van der Waals surface area contributed by atoms with Gasteiger partial charge >= 0.3 is 0 Å². The predicted molar refractivity (Wildman–Crippen MR) is 67.4 cm³/mol. The van der Waals surface area contributed by atoms with Crippen molar-refractivity contribution >= 4 is 0 Å². The Hall–Kier alpha value is -1.97. The van der Waals surface area contributed by atoms with E-state index in [0.717, 1.165) is 22.6 Å². The zero-order valence-electron chi connectivity index (χ0n) is 10.3. The highest BCUT2D eigenvalue weighted by molar-refractivity contribution is 5.63. The first-order valence-corrected chi connectivity index (χ1v) is 5.62. The van der Waals surface area contributed by atoms with Gasteiger partial charge in [0.25, 0.3) is 5.56 Å². The first-order chi connectivity index (χ1) is 8.13. The van der Waals surface area contributed by atoms with E-state index >= 15 is 0 Å². The lowest BCUT2D eigenvalue weighted by atomic mass is 10.1. The van der Waals surface area contributed by atoms with E-state index < -0.39 is 0 Å². The Bertz CT molecular complexity index is 564. The summed E-state index contributed by atoms with van der Waals surface area (Å²) in [5, 5.41) is 3.04. The van der Waals surface area contributed by atoms with E-state index in [0.29, 0.717) is 6.61 Å². The lowest BCUT2D eigenvalue weighted by Crippen LogP contribution is -2.12. The van der Waals surface area contributed by atoms with Crippen molar-refractivity contribution in [2.75, 3.05) is 6.61 Å². The fraction of sp³-hybridized carbons (Fsp3) is 0.308. The molecule has 1 aromatic carbocycles. The summed E-state index contributed by atoms with van der Waals surface area (Å²) < 4.78 is 6.87. The van der Waals surface area contributed by atoms with E-state index in [9.17, 15) is 4.79 Å². The zero-order chi connectivity index (χ0) is 12.4. The van der Waals surface area contributed by atoms with Crippen molar-refractivity contribution in [2.45, 2.75) is 13.8 Å². The lowest BCUT2D eigenvalue weighted by molar-refractivity contribution is 0.340. The number of hydrogen-bond donors (Lipinski definition) is 1. The highest BCUT2D eigenvalue weighted by atomic mass is 16.5. The first-order valence-electron chi connectivity index (χ1n) is 5.62. The van der Waals surface area contributed by atoms with Gasteiger partial charge in [0.05, 0.1) is 12.3 Å². The van der Waals surface area contributed by atoms with Crippen LogP contribution in [-0.4, -0.2) is 16.4 Å². The molecule has 0 aliphatic heterocycles. The molecule has 90 valence electrons. The Kier molecular flexibility index (Phi) is 3.04. The molecular formula is C13H16N2O2. The van der Waals surface area contributed by atoms with E-state index in [-0.39, 0.29) is 5.56 Å². The average Bonchev–Trinajstić information content (AvgIpc) is 2.59. The van der Waals surface area contributed by atoms with E-state index in [1.807, 2.05) is 38.1 Å². The molecule has 0 radical (unpaired) electrons. The lowest BCUT2D eigenvalue weighted by Gasteiger charge is -2.04. The Morgan fingerprint density at radius 1 is 1.29 bits per heavy atom. The fourth-order valence-electron chi connectivity index (χ4n) is 1.83. The van der Waals surface area contributed by atoms with Gasteiger partial charge in [-0.3, -0.25) is 14.6 Å². The minimum atomic E-state index is 0.00823. The number of nitrogens with zero attached hydrogens (tertiary/aromatic N) is 1. The smallest absolute Gasteiger partial charge is 0.269 e. The number of benzene rings is 1. The molecule has 0 saturated carbocycles. The number of aryl methyl sites for hydroxylation is 1. The van der Waals surface area contributed by atoms with Crippen LogP contribution in [0.2, 0.25) is 0 Å². The molecule has 1 N–H and O–H groups in total. The second kappa shape index (κ2) is 4.49. The normalized spacial score (nSPS) is 10.5. The Morgan fingerprint density at radius 3 is 2.41 bits per heavy atom. The van der Waals surface area contributed by atoms with Crippen molar-refractivity contribution < 1.29 is 4.74 Å². The summed E-state index contributed by atoms with van der Waals surface area (Å²) >= 11 is 0. The zero-order valence-corrected chi connectivity index (χ0v) is 10.3. The van der Waals surface area contributed by atoms with Gasteiger partial charge in [-0.2, -0.15) is 0 Å². The van der Waals surface area contributed by atoms with Crippen molar-refractivity contribution in [2.24, 2.45) is 7.05 Å². The van der Waals surface area contributed by atoms with Crippen molar-refractivity contribution in [1.29, 1.82) is 0 Å². The van der Waals surface area contributed by atoms with Crippen molar-refractivity contribution in [3.63, 3.8) is 0 Å².